The molecule has 4 aromatic rings. The number of benzene rings is 2. The molecular formula is C23H20ClN3O2S. The van der Waals surface area contributed by atoms with Crippen LogP contribution in [0.15, 0.2) is 52.9 Å². The van der Waals surface area contributed by atoms with Gasteiger partial charge in [0.2, 0.25) is 5.91 Å². The second-order valence-corrected chi connectivity index (χ2v) is 8.63. The first-order valence-corrected chi connectivity index (χ1v) is 10.7. The SMILES string of the molecule is Cc1ccc(-c2csc3ncn(CC(=O)Nc4c(C)cc(C)cc4Cl)c(=O)c23)cc1. The first-order chi connectivity index (χ1) is 14.3. The predicted octanol–water partition coefficient (Wildman–Crippen LogP) is 5.34. The van der Waals surface area contributed by atoms with Crippen LogP contribution < -0.4 is 10.9 Å². The van der Waals surface area contributed by atoms with Crippen molar-refractivity contribution >= 4 is 44.7 Å². The maximum Gasteiger partial charge on any atom is 0.263 e. The molecule has 0 fully saturated rings. The maximum atomic E-state index is 13.1. The average Bonchev–Trinajstić information content (AvgIpc) is 3.12. The number of aromatic nitrogens is 2. The Morgan fingerprint density at radius 2 is 1.87 bits per heavy atom. The number of nitrogens with zero attached hydrogens (tertiary/aromatic N) is 2. The minimum absolute atomic E-state index is 0.144. The molecule has 2 aromatic heterocycles. The third-order valence-electron chi connectivity index (χ3n) is 4.93. The van der Waals surface area contributed by atoms with Crippen LogP contribution in [0.25, 0.3) is 21.3 Å². The molecule has 0 radical (unpaired) electrons. The van der Waals surface area contributed by atoms with E-state index in [1.54, 1.807) is 6.07 Å². The molecule has 0 atom stereocenters. The zero-order valence-electron chi connectivity index (χ0n) is 16.8. The lowest BCUT2D eigenvalue weighted by molar-refractivity contribution is -0.116. The maximum absolute atomic E-state index is 13.1. The molecule has 4 rings (SSSR count). The summed E-state index contributed by atoms with van der Waals surface area (Å²) in [7, 11) is 0. The van der Waals surface area contributed by atoms with E-state index in [9.17, 15) is 9.59 Å². The van der Waals surface area contributed by atoms with E-state index in [4.69, 9.17) is 11.6 Å². The molecule has 2 aromatic carbocycles. The third-order valence-corrected chi connectivity index (χ3v) is 6.12. The summed E-state index contributed by atoms with van der Waals surface area (Å²) in [5.74, 6) is -0.334. The lowest BCUT2D eigenvalue weighted by Gasteiger charge is -2.12. The van der Waals surface area contributed by atoms with Crippen molar-refractivity contribution in [1.82, 2.24) is 9.55 Å². The van der Waals surface area contributed by atoms with E-state index in [2.05, 4.69) is 10.3 Å². The number of rotatable bonds is 4. The molecule has 7 heteroatoms. The topological polar surface area (TPSA) is 64.0 Å². The molecule has 0 bridgehead atoms. The molecule has 0 saturated heterocycles. The Hall–Kier alpha value is -2.96. The van der Waals surface area contributed by atoms with Crippen molar-refractivity contribution in [3.05, 3.63) is 80.2 Å². The fourth-order valence-corrected chi connectivity index (χ4v) is 4.71. The number of amides is 1. The number of carbonyl (C=O) groups excluding carboxylic acids is 1. The molecule has 1 N–H and O–H groups in total. The minimum atomic E-state index is -0.334. The molecule has 0 saturated carbocycles. The second kappa shape index (κ2) is 8.05. The van der Waals surface area contributed by atoms with Crippen molar-refractivity contribution < 1.29 is 4.79 Å². The number of hydrogen-bond donors (Lipinski definition) is 1. The van der Waals surface area contributed by atoms with Crippen LogP contribution in [0.2, 0.25) is 5.02 Å². The van der Waals surface area contributed by atoms with E-state index in [1.165, 1.54) is 22.2 Å². The van der Waals surface area contributed by atoms with E-state index in [0.29, 0.717) is 20.9 Å². The Kier molecular flexibility index (Phi) is 5.45. The molecule has 30 heavy (non-hydrogen) atoms. The number of anilines is 1. The van der Waals surface area contributed by atoms with Crippen LogP contribution in [-0.2, 0) is 11.3 Å². The van der Waals surface area contributed by atoms with E-state index < -0.39 is 0 Å². The largest absolute Gasteiger partial charge is 0.323 e. The van der Waals surface area contributed by atoms with Gasteiger partial charge in [0, 0.05) is 10.9 Å². The van der Waals surface area contributed by atoms with E-state index >= 15 is 0 Å². The molecule has 152 valence electrons. The van der Waals surface area contributed by atoms with Gasteiger partial charge < -0.3 is 5.32 Å². The number of hydrogen-bond acceptors (Lipinski definition) is 4. The van der Waals surface area contributed by atoms with E-state index in [-0.39, 0.29) is 18.0 Å². The summed E-state index contributed by atoms with van der Waals surface area (Å²) >= 11 is 7.70. The Bertz CT molecular complexity index is 1300. The summed E-state index contributed by atoms with van der Waals surface area (Å²) < 4.78 is 1.33. The normalized spacial score (nSPS) is 11.1. The first-order valence-electron chi connectivity index (χ1n) is 9.44. The molecule has 0 aliphatic heterocycles. The van der Waals surface area contributed by atoms with Crippen molar-refractivity contribution in [2.45, 2.75) is 27.3 Å². The van der Waals surface area contributed by atoms with Crippen molar-refractivity contribution in [3.63, 3.8) is 0 Å². The Balaban J connectivity index is 1.66. The molecule has 1 amide bonds. The Labute approximate surface area is 183 Å². The fraction of sp³-hybridized carbons (Fsp3) is 0.174. The van der Waals surface area contributed by atoms with Crippen LogP contribution >= 0.6 is 22.9 Å². The lowest BCUT2D eigenvalue weighted by atomic mass is 10.1. The van der Waals surface area contributed by atoms with Crippen molar-refractivity contribution in [2.24, 2.45) is 0 Å². The smallest absolute Gasteiger partial charge is 0.263 e. The van der Waals surface area contributed by atoms with Crippen LogP contribution in [0, 0.1) is 20.8 Å². The number of fused-ring (bicyclic) bond motifs is 1. The Morgan fingerprint density at radius 3 is 2.57 bits per heavy atom. The van der Waals surface area contributed by atoms with Gasteiger partial charge in [-0.05, 0) is 43.5 Å². The van der Waals surface area contributed by atoms with Gasteiger partial charge in [0.05, 0.1) is 22.4 Å². The van der Waals surface area contributed by atoms with E-state index in [0.717, 1.165) is 27.8 Å². The van der Waals surface area contributed by atoms with Gasteiger partial charge in [0.15, 0.2) is 0 Å². The predicted molar refractivity (Wildman–Crippen MR) is 124 cm³/mol. The molecule has 5 nitrogen and oxygen atoms in total. The van der Waals surface area contributed by atoms with Gasteiger partial charge in [-0.25, -0.2) is 4.98 Å². The van der Waals surface area contributed by atoms with Crippen LogP contribution in [0.3, 0.4) is 0 Å². The number of carbonyl (C=O) groups is 1. The monoisotopic (exact) mass is 437 g/mol. The van der Waals surface area contributed by atoms with Gasteiger partial charge in [-0.3, -0.25) is 14.2 Å². The summed E-state index contributed by atoms with van der Waals surface area (Å²) in [5.41, 5.74) is 5.14. The zero-order valence-corrected chi connectivity index (χ0v) is 18.4. The fourth-order valence-electron chi connectivity index (χ4n) is 3.43. The number of thiophene rings is 1. The van der Waals surface area contributed by atoms with Gasteiger partial charge in [0.1, 0.15) is 11.4 Å². The summed E-state index contributed by atoms with van der Waals surface area (Å²) in [6.45, 7) is 5.70. The van der Waals surface area contributed by atoms with Gasteiger partial charge in [-0.15, -0.1) is 11.3 Å². The van der Waals surface area contributed by atoms with Crippen LogP contribution in [0.5, 0.6) is 0 Å². The molecule has 0 spiro atoms. The highest BCUT2D eigenvalue weighted by atomic mass is 35.5. The molecule has 0 unspecified atom stereocenters. The highest BCUT2D eigenvalue weighted by Gasteiger charge is 2.16. The van der Waals surface area contributed by atoms with Gasteiger partial charge in [-0.2, -0.15) is 0 Å². The van der Waals surface area contributed by atoms with E-state index in [1.807, 2.05) is 56.5 Å². The summed E-state index contributed by atoms with van der Waals surface area (Å²) in [6.07, 6.45) is 1.42. The van der Waals surface area contributed by atoms with Crippen LogP contribution in [-0.4, -0.2) is 15.5 Å². The van der Waals surface area contributed by atoms with Crippen LogP contribution in [0.4, 0.5) is 5.69 Å². The highest BCUT2D eigenvalue weighted by molar-refractivity contribution is 7.17. The van der Waals surface area contributed by atoms with Crippen molar-refractivity contribution in [3.8, 4) is 11.1 Å². The Morgan fingerprint density at radius 1 is 1.13 bits per heavy atom. The lowest BCUT2D eigenvalue weighted by Crippen LogP contribution is -2.28. The average molecular weight is 438 g/mol. The van der Waals surface area contributed by atoms with Crippen molar-refractivity contribution in [1.29, 1.82) is 0 Å². The number of aryl methyl sites for hydroxylation is 3. The van der Waals surface area contributed by atoms with Crippen molar-refractivity contribution in [2.75, 3.05) is 5.32 Å². The second-order valence-electron chi connectivity index (χ2n) is 7.36. The van der Waals surface area contributed by atoms with Crippen LogP contribution in [0.1, 0.15) is 16.7 Å². The highest BCUT2D eigenvalue weighted by Crippen LogP contribution is 2.31. The minimum Gasteiger partial charge on any atom is -0.323 e. The van der Waals surface area contributed by atoms with Gasteiger partial charge in [0.25, 0.3) is 5.56 Å². The first kappa shape index (κ1) is 20.3. The summed E-state index contributed by atoms with van der Waals surface area (Å²) in [5, 5.41) is 5.76. The molecule has 0 aliphatic carbocycles. The quantitative estimate of drug-likeness (QED) is 0.468. The van der Waals surface area contributed by atoms with Gasteiger partial charge >= 0.3 is 0 Å². The molecule has 0 aliphatic rings. The molecule has 2 heterocycles. The standard InChI is InChI=1S/C23H20ClN3O2S/c1-13-4-6-16(7-5-13)17-11-30-22-20(17)23(29)27(12-25-22)10-19(28)26-21-15(3)8-14(2)9-18(21)24/h4-9,11-12H,10H2,1-3H3,(H,26,28). The number of nitrogens with one attached hydrogen (secondary N) is 1. The summed E-state index contributed by atoms with van der Waals surface area (Å²) in [4.78, 5) is 30.8. The van der Waals surface area contributed by atoms with Gasteiger partial charge in [-0.1, -0.05) is 47.5 Å². The third kappa shape index (κ3) is 3.88. The summed E-state index contributed by atoms with van der Waals surface area (Å²) in [6, 6.07) is 11.7. The molecular weight excluding hydrogens is 418 g/mol. The number of halogens is 1. The zero-order chi connectivity index (χ0) is 21.4.